The van der Waals surface area contributed by atoms with Gasteiger partial charge in [-0.1, -0.05) is 36.4 Å². The van der Waals surface area contributed by atoms with Crippen LogP contribution in [0.4, 0.5) is 11.5 Å². The van der Waals surface area contributed by atoms with E-state index in [4.69, 9.17) is 4.74 Å². The standard InChI is InChI=1S/C19H19N3O3S/c1-25-18-10-6-5-7-15(18)13-20-16-11-12-19(21-14-16)22-26(23,24)17-8-3-2-4-9-17/h2-12,14,20H,13H2,1H3,(H,21,22). The molecule has 0 fully saturated rings. The number of anilines is 2. The SMILES string of the molecule is COc1ccccc1CNc1ccc(NS(=O)(=O)c2ccccc2)nc1. The Morgan fingerprint density at radius 1 is 0.962 bits per heavy atom. The van der Waals surface area contributed by atoms with E-state index >= 15 is 0 Å². The normalized spacial score (nSPS) is 11.0. The van der Waals surface area contributed by atoms with E-state index in [0.717, 1.165) is 17.0 Å². The van der Waals surface area contributed by atoms with Crippen molar-refractivity contribution in [1.29, 1.82) is 0 Å². The van der Waals surface area contributed by atoms with Crippen molar-refractivity contribution in [3.8, 4) is 5.75 Å². The molecule has 1 aromatic heterocycles. The molecule has 0 unspecified atom stereocenters. The van der Waals surface area contributed by atoms with Crippen molar-refractivity contribution in [3.63, 3.8) is 0 Å². The number of hydrogen-bond donors (Lipinski definition) is 2. The van der Waals surface area contributed by atoms with E-state index in [1.165, 1.54) is 12.1 Å². The van der Waals surface area contributed by atoms with Gasteiger partial charge in [0.2, 0.25) is 0 Å². The lowest BCUT2D eigenvalue weighted by Crippen LogP contribution is -2.13. The zero-order valence-corrected chi connectivity index (χ0v) is 15.0. The van der Waals surface area contributed by atoms with Gasteiger partial charge in [-0.25, -0.2) is 13.4 Å². The van der Waals surface area contributed by atoms with Gasteiger partial charge in [-0.15, -0.1) is 0 Å². The molecule has 134 valence electrons. The molecule has 7 heteroatoms. The summed E-state index contributed by atoms with van der Waals surface area (Å²) >= 11 is 0. The highest BCUT2D eigenvalue weighted by Gasteiger charge is 2.13. The summed E-state index contributed by atoms with van der Waals surface area (Å²) in [6, 6.07) is 19.3. The lowest BCUT2D eigenvalue weighted by molar-refractivity contribution is 0.410. The second-order valence-corrected chi connectivity index (χ2v) is 7.20. The smallest absolute Gasteiger partial charge is 0.263 e. The van der Waals surface area contributed by atoms with Crippen molar-refractivity contribution in [2.45, 2.75) is 11.4 Å². The minimum Gasteiger partial charge on any atom is -0.496 e. The summed E-state index contributed by atoms with van der Waals surface area (Å²) in [4.78, 5) is 4.35. The lowest BCUT2D eigenvalue weighted by atomic mass is 10.2. The number of pyridine rings is 1. The van der Waals surface area contributed by atoms with Crippen molar-refractivity contribution < 1.29 is 13.2 Å². The first kappa shape index (κ1) is 17.8. The Morgan fingerprint density at radius 3 is 2.38 bits per heavy atom. The summed E-state index contributed by atoms with van der Waals surface area (Å²) in [6.07, 6.45) is 1.58. The molecule has 0 saturated carbocycles. The van der Waals surface area contributed by atoms with Gasteiger partial charge in [-0.2, -0.15) is 0 Å². The molecule has 3 rings (SSSR count). The molecular formula is C19H19N3O3S. The van der Waals surface area contributed by atoms with Crippen molar-refractivity contribution in [2.75, 3.05) is 17.1 Å². The minimum atomic E-state index is -3.64. The highest BCUT2D eigenvalue weighted by atomic mass is 32.2. The van der Waals surface area contributed by atoms with Gasteiger partial charge in [0.1, 0.15) is 11.6 Å². The molecule has 0 aliphatic carbocycles. The van der Waals surface area contributed by atoms with Gasteiger partial charge in [-0.05, 0) is 30.3 Å². The third kappa shape index (κ3) is 4.31. The lowest BCUT2D eigenvalue weighted by Gasteiger charge is -2.11. The van der Waals surface area contributed by atoms with Gasteiger partial charge in [-0.3, -0.25) is 4.72 Å². The second-order valence-electron chi connectivity index (χ2n) is 5.52. The second kappa shape index (κ2) is 7.88. The summed E-state index contributed by atoms with van der Waals surface area (Å²) < 4.78 is 32.4. The number of hydrogen-bond acceptors (Lipinski definition) is 5. The molecule has 2 aromatic carbocycles. The summed E-state index contributed by atoms with van der Waals surface area (Å²) in [5.41, 5.74) is 1.79. The van der Waals surface area contributed by atoms with Crippen LogP contribution in [-0.4, -0.2) is 20.5 Å². The van der Waals surface area contributed by atoms with Crippen LogP contribution in [0, 0.1) is 0 Å². The van der Waals surface area contributed by atoms with Crippen LogP contribution in [0.15, 0.2) is 77.8 Å². The van der Waals surface area contributed by atoms with Crippen LogP contribution in [0.1, 0.15) is 5.56 Å². The van der Waals surface area contributed by atoms with Gasteiger partial charge in [0, 0.05) is 12.1 Å². The molecule has 0 radical (unpaired) electrons. The number of nitrogens with one attached hydrogen (secondary N) is 2. The zero-order valence-electron chi connectivity index (χ0n) is 14.2. The van der Waals surface area contributed by atoms with Crippen LogP contribution in [0.3, 0.4) is 0 Å². The summed E-state index contributed by atoms with van der Waals surface area (Å²) in [7, 11) is -2.01. The Kier molecular flexibility index (Phi) is 5.38. The molecule has 2 N–H and O–H groups in total. The maximum Gasteiger partial charge on any atom is 0.263 e. The minimum absolute atomic E-state index is 0.195. The average molecular weight is 369 g/mol. The maximum atomic E-state index is 12.3. The summed E-state index contributed by atoms with van der Waals surface area (Å²) in [5, 5.41) is 3.24. The molecule has 6 nitrogen and oxygen atoms in total. The van der Waals surface area contributed by atoms with Crippen LogP contribution in [0.25, 0.3) is 0 Å². The molecule has 26 heavy (non-hydrogen) atoms. The number of methoxy groups -OCH3 is 1. The molecule has 0 aliphatic heterocycles. The fourth-order valence-electron chi connectivity index (χ4n) is 2.40. The Labute approximate surface area is 152 Å². The van der Waals surface area contributed by atoms with Crippen molar-refractivity contribution >= 4 is 21.5 Å². The molecule has 0 atom stereocenters. The monoisotopic (exact) mass is 369 g/mol. The zero-order chi connectivity index (χ0) is 18.4. The van der Waals surface area contributed by atoms with Crippen molar-refractivity contribution in [1.82, 2.24) is 4.98 Å². The fraction of sp³-hybridized carbons (Fsp3) is 0.105. The van der Waals surface area contributed by atoms with Gasteiger partial charge < -0.3 is 10.1 Å². The number of sulfonamides is 1. The Hall–Kier alpha value is -3.06. The number of rotatable bonds is 7. The topological polar surface area (TPSA) is 80.3 Å². The van der Waals surface area contributed by atoms with Gasteiger partial charge >= 0.3 is 0 Å². The number of ether oxygens (including phenoxy) is 1. The molecule has 3 aromatic rings. The largest absolute Gasteiger partial charge is 0.496 e. The number of nitrogens with zero attached hydrogens (tertiary/aromatic N) is 1. The molecule has 0 amide bonds. The van der Waals surface area contributed by atoms with Gasteiger partial charge in [0.05, 0.1) is 23.9 Å². The van der Waals surface area contributed by atoms with E-state index in [1.807, 2.05) is 24.3 Å². The van der Waals surface area contributed by atoms with Crippen LogP contribution in [0.2, 0.25) is 0 Å². The predicted molar refractivity (Wildman–Crippen MR) is 102 cm³/mol. The highest BCUT2D eigenvalue weighted by Crippen LogP contribution is 2.20. The Bertz CT molecular complexity index is 959. The first-order valence-electron chi connectivity index (χ1n) is 7.98. The molecule has 1 heterocycles. The van der Waals surface area contributed by atoms with E-state index in [-0.39, 0.29) is 10.7 Å². The van der Waals surface area contributed by atoms with Crippen molar-refractivity contribution in [2.24, 2.45) is 0 Å². The third-order valence-electron chi connectivity index (χ3n) is 3.73. The Balaban J connectivity index is 1.65. The van der Waals surface area contributed by atoms with E-state index < -0.39 is 10.0 Å². The van der Waals surface area contributed by atoms with E-state index in [9.17, 15) is 8.42 Å². The number of benzene rings is 2. The van der Waals surface area contributed by atoms with E-state index in [0.29, 0.717) is 6.54 Å². The maximum absolute atomic E-state index is 12.3. The van der Waals surface area contributed by atoms with Gasteiger partial charge in [0.15, 0.2) is 0 Å². The summed E-state index contributed by atoms with van der Waals surface area (Å²) in [6.45, 7) is 0.570. The molecule has 0 saturated heterocycles. The van der Waals surface area contributed by atoms with Crippen LogP contribution in [0.5, 0.6) is 5.75 Å². The molecule has 0 spiro atoms. The van der Waals surface area contributed by atoms with Gasteiger partial charge in [0.25, 0.3) is 10.0 Å². The Morgan fingerprint density at radius 2 is 1.69 bits per heavy atom. The van der Waals surface area contributed by atoms with Crippen LogP contribution in [-0.2, 0) is 16.6 Å². The number of aromatic nitrogens is 1. The quantitative estimate of drug-likeness (QED) is 0.666. The molecular weight excluding hydrogens is 350 g/mol. The third-order valence-corrected chi connectivity index (χ3v) is 5.10. The number of para-hydroxylation sites is 1. The highest BCUT2D eigenvalue weighted by molar-refractivity contribution is 7.92. The van der Waals surface area contributed by atoms with E-state index in [1.54, 1.807) is 43.6 Å². The molecule has 0 bridgehead atoms. The fourth-order valence-corrected chi connectivity index (χ4v) is 3.43. The van der Waals surface area contributed by atoms with Crippen LogP contribution >= 0.6 is 0 Å². The summed E-state index contributed by atoms with van der Waals surface area (Å²) in [5.74, 6) is 1.07. The van der Waals surface area contributed by atoms with Crippen molar-refractivity contribution in [3.05, 3.63) is 78.5 Å². The molecule has 0 aliphatic rings. The first-order chi connectivity index (χ1) is 12.6. The predicted octanol–water partition coefficient (Wildman–Crippen LogP) is 3.50. The van der Waals surface area contributed by atoms with Crippen LogP contribution < -0.4 is 14.8 Å². The average Bonchev–Trinajstić information content (AvgIpc) is 2.68. The first-order valence-corrected chi connectivity index (χ1v) is 9.46. The van der Waals surface area contributed by atoms with E-state index in [2.05, 4.69) is 15.0 Å².